The Hall–Kier alpha value is -1.39. The van der Waals surface area contributed by atoms with Gasteiger partial charge >= 0.3 is 5.97 Å². The Kier molecular flexibility index (Phi) is 4.50. The van der Waals surface area contributed by atoms with Crippen LogP contribution in [0.1, 0.15) is 38.2 Å². The zero-order valence-electron chi connectivity index (χ0n) is 13.1. The molecule has 1 aromatic rings. The summed E-state index contributed by atoms with van der Waals surface area (Å²) in [4.78, 5) is 11.6. The second-order valence-corrected chi connectivity index (χ2v) is 6.57. The summed E-state index contributed by atoms with van der Waals surface area (Å²) in [7, 11) is 0. The molecule has 2 fully saturated rings. The van der Waals surface area contributed by atoms with E-state index in [9.17, 15) is 9.90 Å². The fourth-order valence-corrected chi connectivity index (χ4v) is 3.98. The number of ether oxygens (including phenoxy) is 1. The van der Waals surface area contributed by atoms with Crippen molar-refractivity contribution in [1.82, 2.24) is 5.32 Å². The first-order valence-electron chi connectivity index (χ1n) is 8.30. The molecular weight excluding hydrogens is 278 g/mol. The molecular formula is C18H25NO3. The molecule has 0 heterocycles. The highest BCUT2D eigenvalue weighted by Gasteiger charge is 2.59. The van der Waals surface area contributed by atoms with Crippen LogP contribution in [0.15, 0.2) is 30.3 Å². The third-order valence-corrected chi connectivity index (χ3v) is 5.42. The Balaban J connectivity index is 1.64. The van der Waals surface area contributed by atoms with E-state index in [1.54, 1.807) is 0 Å². The first-order chi connectivity index (χ1) is 10.7. The maximum absolute atomic E-state index is 11.6. The number of nitrogens with one attached hydrogen (secondary N) is 1. The Morgan fingerprint density at radius 3 is 2.68 bits per heavy atom. The minimum atomic E-state index is -0.766. The lowest BCUT2D eigenvalue weighted by atomic mass is 9.51. The van der Waals surface area contributed by atoms with Crippen LogP contribution in [0.5, 0.6) is 0 Å². The number of carbonyl (C=O) groups is 1. The van der Waals surface area contributed by atoms with Crippen molar-refractivity contribution in [3.63, 3.8) is 0 Å². The van der Waals surface area contributed by atoms with Crippen molar-refractivity contribution in [1.29, 1.82) is 0 Å². The molecule has 120 valence electrons. The van der Waals surface area contributed by atoms with Crippen LogP contribution >= 0.6 is 0 Å². The van der Waals surface area contributed by atoms with Crippen LogP contribution in [0.3, 0.4) is 0 Å². The van der Waals surface area contributed by atoms with Gasteiger partial charge in [-0.1, -0.05) is 36.8 Å². The number of hydrogen-bond acceptors (Lipinski definition) is 3. The highest BCUT2D eigenvalue weighted by atomic mass is 16.5. The minimum Gasteiger partial charge on any atom is -0.480 e. The van der Waals surface area contributed by atoms with Crippen molar-refractivity contribution in [2.24, 2.45) is 5.41 Å². The maximum Gasteiger partial charge on any atom is 0.321 e. The molecule has 22 heavy (non-hydrogen) atoms. The molecule has 1 aromatic carbocycles. The van der Waals surface area contributed by atoms with Gasteiger partial charge in [-0.05, 0) is 38.2 Å². The van der Waals surface area contributed by atoms with E-state index in [4.69, 9.17) is 4.74 Å². The van der Waals surface area contributed by atoms with E-state index in [-0.39, 0.29) is 11.5 Å². The van der Waals surface area contributed by atoms with Crippen LogP contribution < -0.4 is 5.32 Å². The van der Waals surface area contributed by atoms with Crippen LogP contribution in [0, 0.1) is 5.41 Å². The topological polar surface area (TPSA) is 58.6 Å². The van der Waals surface area contributed by atoms with Crippen LogP contribution in [-0.2, 0) is 16.0 Å². The number of carboxylic acid groups (broad SMARTS) is 1. The number of carboxylic acids is 1. The normalized spacial score (nSPS) is 27.0. The Bertz CT molecular complexity index is 512. The lowest BCUT2D eigenvalue weighted by molar-refractivity contribution is -0.177. The van der Waals surface area contributed by atoms with Gasteiger partial charge in [-0.25, -0.2) is 0 Å². The predicted octanol–water partition coefficient (Wildman–Crippen LogP) is 2.62. The van der Waals surface area contributed by atoms with Gasteiger partial charge in [-0.3, -0.25) is 4.79 Å². The zero-order valence-corrected chi connectivity index (χ0v) is 13.1. The van der Waals surface area contributed by atoms with Gasteiger partial charge in [-0.15, -0.1) is 0 Å². The highest BCUT2D eigenvalue weighted by Crippen LogP contribution is 2.57. The molecule has 0 bridgehead atoms. The quantitative estimate of drug-likeness (QED) is 0.813. The van der Waals surface area contributed by atoms with Gasteiger partial charge in [0.05, 0.1) is 6.10 Å². The van der Waals surface area contributed by atoms with Gasteiger partial charge in [0.15, 0.2) is 0 Å². The average molecular weight is 303 g/mol. The van der Waals surface area contributed by atoms with Crippen molar-refractivity contribution >= 4 is 5.97 Å². The van der Waals surface area contributed by atoms with Crippen molar-refractivity contribution in [2.45, 2.75) is 57.2 Å². The molecule has 2 unspecified atom stereocenters. The summed E-state index contributed by atoms with van der Waals surface area (Å²) >= 11 is 0. The summed E-state index contributed by atoms with van der Waals surface area (Å²) in [5, 5.41) is 12.9. The Morgan fingerprint density at radius 1 is 1.41 bits per heavy atom. The van der Waals surface area contributed by atoms with Gasteiger partial charge in [0.1, 0.15) is 6.04 Å². The molecule has 2 saturated carbocycles. The fourth-order valence-electron chi connectivity index (χ4n) is 3.98. The van der Waals surface area contributed by atoms with Gasteiger partial charge in [0, 0.05) is 18.1 Å². The maximum atomic E-state index is 11.6. The minimum absolute atomic E-state index is 0.195. The first-order valence-corrected chi connectivity index (χ1v) is 8.30. The monoisotopic (exact) mass is 303 g/mol. The summed E-state index contributed by atoms with van der Waals surface area (Å²) in [6.45, 7) is 2.77. The number of hydrogen-bond donors (Lipinski definition) is 2. The Labute approximate surface area is 131 Å². The lowest BCUT2D eigenvalue weighted by Gasteiger charge is -2.61. The standard InChI is InChI=1S/C18H25NO3/c1-2-22-16-12-15(18(16)9-6-10-18)19-14(17(20)21)11-13-7-4-3-5-8-13/h3-5,7-8,14-16,19H,2,6,9-12H2,1H3,(H,20,21)/t14-,15?,16?/m0/s1. The number of aliphatic carboxylic acids is 1. The summed E-state index contributed by atoms with van der Waals surface area (Å²) in [6.07, 6.45) is 5.34. The van der Waals surface area contributed by atoms with Crippen molar-refractivity contribution in [3.05, 3.63) is 35.9 Å². The van der Waals surface area contributed by atoms with Gasteiger partial charge in [0.2, 0.25) is 0 Å². The Morgan fingerprint density at radius 2 is 2.14 bits per heavy atom. The number of rotatable bonds is 7. The lowest BCUT2D eigenvalue weighted by Crippen LogP contribution is -2.69. The molecule has 0 aliphatic heterocycles. The molecule has 4 nitrogen and oxygen atoms in total. The summed E-state index contributed by atoms with van der Waals surface area (Å²) in [5.41, 5.74) is 1.26. The molecule has 2 N–H and O–H groups in total. The van der Waals surface area contributed by atoms with E-state index in [1.807, 2.05) is 37.3 Å². The van der Waals surface area contributed by atoms with Crippen molar-refractivity contribution in [3.8, 4) is 0 Å². The first kappa shape index (κ1) is 15.5. The molecule has 2 aliphatic rings. The predicted molar refractivity (Wildman–Crippen MR) is 84.8 cm³/mol. The molecule has 0 aromatic heterocycles. The van der Waals surface area contributed by atoms with Crippen molar-refractivity contribution in [2.75, 3.05) is 6.61 Å². The summed E-state index contributed by atoms with van der Waals surface area (Å²) < 4.78 is 5.84. The van der Waals surface area contributed by atoms with E-state index in [0.29, 0.717) is 12.5 Å². The molecule has 3 atom stereocenters. The van der Waals surface area contributed by atoms with Gasteiger partial charge in [0.25, 0.3) is 0 Å². The fraction of sp³-hybridized carbons (Fsp3) is 0.611. The molecule has 0 saturated heterocycles. The van der Waals surface area contributed by atoms with Crippen molar-refractivity contribution < 1.29 is 14.6 Å². The van der Waals surface area contributed by atoms with Crippen LogP contribution in [0.25, 0.3) is 0 Å². The van der Waals surface area contributed by atoms with Gasteiger partial charge < -0.3 is 15.2 Å². The summed E-state index contributed by atoms with van der Waals surface area (Å²) in [5.74, 6) is -0.766. The van der Waals surface area contributed by atoms with Gasteiger partial charge in [-0.2, -0.15) is 0 Å². The second-order valence-electron chi connectivity index (χ2n) is 6.57. The molecule has 2 aliphatic carbocycles. The van der Waals surface area contributed by atoms with Crippen LogP contribution in [-0.4, -0.2) is 35.9 Å². The highest BCUT2D eigenvalue weighted by molar-refractivity contribution is 5.74. The zero-order chi connectivity index (χ0) is 15.6. The smallest absolute Gasteiger partial charge is 0.321 e. The second kappa shape index (κ2) is 6.39. The SMILES string of the molecule is CCOC1CC(N[C@@H](Cc2ccccc2)C(=O)O)C12CCC2. The van der Waals surface area contributed by atoms with E-state index in [0.717, 1.165) is 31.4 Å². The van der Waals surface area contributed by atoms with E-state index >= 15 is 0 Å². The average Bonchev–Trinajstić information content (AvgIpc) is 2.44. The largest absolute Gasteiger partial charge is 0.480 e. The van der Waals surface area contributed by atoms with E-state index in [1.165, 1.54) is 6.42 Å². The van der Waals surface area contributed by atoms with E-state index < -0.39 is 12.0 Å². The summed E-state index contributed by atoms with van der Waals surface area (Å²) in [6, 6.07) is 9.59. The van der Waals surface area contributed by atoms with E-state index in [2.05, 4.69) is 5.32 Å². The van der Waals surface area contributed by atoms with Crippen LogP contribution in [0.4, 0.5) is 0 Å². The molecule has 1 spiro atoms. The molecule has 0 amide bonds. The molecule has 3 rings (SSSR count). The van der Waals surface area contributed by atoms with Crippen LogP contribution in [0.2, 0.25) is 0 Å². The molecule has 0 radical (unpaired) electrons. The third-order valence-electron chi connectivity index (χ3n) is 5.42. The third kappa shape index (κ3) is 2.77. The number of benzene rings is 1. The molecule has 4 heteroatoms.